The minimum Gasteiger partial charge on any atom is -0.394 e. The first-order chi connectivity index (χ1) is 17.2. The van der Waals surface area contributed by atoms with Crippen LogP contribution in [0.25, 0.3) is 11.0 Å². The van der Waals surface area contributed by atoms with E-state index in [2.05, 4.69) is 20.9 Å². The molecule has 3 amide bonds. The van der Waals surface area contributed by atoms with Crippen LogP contribution in [-0.2, 0) is 21.1 Å². The topological polar surface area (TPSA) is 129 Å². The summed E-state index contributed by atoms with van der Waals surface area (Å²) in [4.78, 5) is 42.7. The Bertz CT molecular complexity index is 1200. The molecule has 36 heavy (non-hydrogen) atoms. The summed E-state index contributed by atoms with van der Waals surface area (Å²) < 4.78 is 0.478. The highest BCUT2D eigenvalue weighted by Crippen LogP contribution is 2.71. The molecule has 4 heterocycles. The Hall–Kier alpha value is -2.66. The standard InChI is InChI=1S/C25H34N6O4S/c1-5-14(2)17(12-32)31-20(22(34)27-13-30-16-9-7-6-8-15(16)28-29-30)25-11-10-24(3,36-25)18(21(33)26-4)19(25)23(31)35/h6-9,14,17-20,32H,5,10-13H2,1-4H3,(H,26,33)(H,27,34)/t14-,17-,18+,19-,20?,24-,25?/m0/s1. The van der Waals surface area contributed by atoms with Crippen LogP contribution in [0.1, 0.15) is 40.0 Å². The molecule has 10 nitrogen and oxygen atoms in total. The molecule has 1 aromatic carbocycles. The van der Waals surface area contributed by atoms with Gasteiger partial charge in [0.15, 0.2) is 0 Å². The lowest BCUT2D eigenvalue weighted by molar-refractivity contribution is -0.144. The van der Waals surface area contributed by atoms with Gasteiger partial charge in [-0.05, 0) is 37.8 Å². The molecule has 0 aliphatic carbocycles. The molecule has 3 aliphatic rings. The van der Waals surface area contributed by atoms with E-state index in [4.69, 9.17) is 0 Å². The molecule has 3 fully saturated rings. The zero-order valence-electron chi connectivity index (χ0n) is 21.1. The van der Waals surface area contributed by atoms with Crippen molar-refractivity contribution < 1.29 is 19.5 Å². The Balaban J connectivity index is 1.52. The van der Waals surface area contributed by atoms with Gasteiger partial charge >= 0.3 is 0 Å². The molecule has 11 heteroatoms. The highest BCUT2D eigenvalue weighted by atomic mass is 32.2. The van der Waals surface area contributed by atoms with Crippen molar-refractivity contribution >= 4 is 40.5 Å². The molecule has 7 atom stereocenters. The van der Waals surface area contributed by atoms with E-state index in [1.807, 2.05) is 45.0 Å². The van der Waals surface area contributed by atoms with Gasteiger partial charge in [0.2, 0.25) is 17.7 Å². The Kier molecular flexibility index (Phi) is 6.27. The third kappa shape index (κ3) is 3.46. The molecule has 2 bridgehead atoms. The van der Waals surface area contributed by atoms with Crippen LogP contribution < -0.4 is 10.6 Å². The number of amides is 3. The molecule has 5 rings (SSSR count). The first kappa shape index (κ1) is 25.0. The van der Waals surface area contributed by atoms with Gasteiger partial charge in [-0.25, -0.2) is 4.68 Å². The summed E-state index contributed by atoms with van der Waals surface area (Å²) in [5.41, 5.74) is 1.52. The smallest absolute Gasteiger partial charge is 0.245 e. The summed E-state index contributed by atoms with van der Waals surface area (Å²) in [6.07, 6.45) is 2.16. The van der Waals surface area contributed by atoms with Crippen molar-refractivity contribution in [3.05, 3.63) is 24.3 Å². The van der Waals surface area contributed by atoms with Gasteiger partial charge in [-0.2, -0.15) is 0 Å². The number of para-hydroxylation sites is 1. The maximum absolute atomic E-state index is 14.1. The van der Waals surface area contributed by atoms with Gasteiger partial charge in [-0.1, -0.05) is 37.6 Å². The number of rotatable bonds is 8. The van der Waals surface area contributed by atoms with Crippen LogP contribution in [0.4, 0.5) is 0 Å². The largest absolute Gasteiger partial charge is 0.394 e. The van der Waals surface area contributed by atoms with Crippen LogP contribution in [0.15, 0.2) is 24.3 Å². The number of aliphatic hydroxyl groups excluding tert-OH is 1. The number of carbonyl (C=O) groups excluding carboxylic acids is 3. The summed E-state index contributed by atoms with van der Waals surface area (Å²) in [6, 6.07) is 6.20. The van der Waals surface area contributed by atoms with Gasteiger partial charge < -0.3 is 20.6 Å². The van der Waals surface area contributed by atoms with Gasteiger partial charge in [-0.3, -0.25) is 14.4 Å². The Labute approximate surface area is 214 Å². The number of thioether (sulfide) groups is 1. The number of hydrogen-bond donors (Lipinski definition) is 3. The maximum Gasteiger partial charge on any atom is 0.245 e. The van der Waals surface area contributed by atoms with E-state index in [1.54, 1.807) is 28.4 Å². The molecule has 194 valence electrons. The zero-order valence-corrected chi connectivity index (χ0v) is 21.9. The van der Waals surface area contributed by atoms with Crippen LogP contribution in [0.2, 0.25) is 0 Å². The lowest BCUT2D eigenvalue weighted by atomic mass is 9.66. The minimum atomic E-state index is -0.794. The van der Waals surface area contributed by atoms with Crippen molar-refractivity contribution in [2.75, 3.05) is 13.7 Å². The molecule has 1 aromatic heterocycles. The average Bonchev–Trinajstić information content (AvgIpc) is 3.58. The predicted octanol–water partition coefficient (Wildman–Crippen LogP) is 1.14. The van der Waals surface area contributed by atoms with Crippen LogP contribution in [0.3, 0.4) is 0 Å². The van der Waals surface area contributed by atoms with E-state index in [9.17, 15) is 19.5 Å². The third-order valence-corrected chi connectivity index (χ3v) is 10.6. The molecule has 2 unspecified atom stereocenters. The Morgan fingerprint density at radius 2 is 2.03 bits per heavy atom. The van der Waals surface area contributed by atoms with Crippen molar-refractivity contribution in [3.8, 4) is 0 Å². The van der Waals surface area contributed by atoms with Gasteiger partial charge in [0.25, 0.3) is 0 Å². The fourth-order valence-electron chi connectivity index (χ4n) is 6.67. The quantitative estimate of drug-likeness (QED) is 0.482. The van der Waals surface area contributed by atoms with E-state index < -0.39 is 33.4 Å². The van der Waals surface area contributed by atoms with E-state index in [-0.39, 0.29) is 36.9 Å². The van der Waals surface area contributed by atoms with E-state index in [0.717, 1.165) is 23.9 Å². The number of benzene rings is 1. The van der Waals surface area contributed by atoms with Gasteiger partial charge in [0.05, 0.1) is 34.7 Å². The molecule has 3 aliphatic heterocycles. The number of nitrogens with one attached hydrogen (secondary N) is 2. The van der Waals surface area contributed by atoms with Gasteiger partial charge in [0.1, 0.15) is 18.2 Å². The molecule has 0 radical (unpaired) electrons. The highest BCUT2D eigenvalue weighted by Gasteiger charge is 2.77. The van der Waals surface area contributed by atoms with Gasteiger partial charge in [0, 0.05) is 11.8 Å². The van der Waals surface area contributed by atoms with E-state index >= 15 is 0 Å². The summed E-state index contributed by atoms with van der Waals surface area (Å²) in [5, 5.41) is 24.4. The predicted molar refractivity (Wildman–Crippen MR) is 136 cm³/mol. The second-order valence-electron chi connectivity index (χ2n) is 10.5. The maximum atomic E-state index is 14.1. The Morgan fingerprint density at radius 1 is 1.28 bits per heavy atom. The van der Waals surface area contributed by atoms with Crippen LogP contribution in [0.5, 0.6) is 0 Å². The van der Waals surface area contributed by atoms with Crippen molar-refractivity contribution in [1.82, 2.24) is 30.5 Å². The molecular formula is C25H34N6O4S. The Morgan fingerprint density at radius 3 is 2.72 bits per heavy atom. The molecule has 3 N–H and O–H groups in total. The first-order valence-corrected chi connectivity index (χ1v) is 13.4. The van der Waals surface area contributed by atoms with Crippen molar-refractivity contribution in [3.63, 3.8) is 0 Å². The van der Waals surface area contributed by atoms with E-state index in [0.29, 0.717) is 6.42 Å². The summed E-state index contributed by atoms with van der Waals surface area (Å²) >= 11 is 1.62. The average molecular weight is 515 g/mol. The summed E-state index contributed by atoms with van der Waals surface area (Å²) in [7, 11) is 1.59. The molecule has 2 aromatic rings. The lowest BCUT2D eigenvalue weighted by Crippen LogP contribution is -2.58. The highest BCUT2D eigenvalue weighted by molar-refractivity contribution is 8.02. The fraction of sp³-hybridized carbons (Fsp3) is 0.640. The summed E-state index contributed by atoms with van der Waals surface area (Å²) in [6.45, 7) is 5.89. The van der Waals surface area contributed by atoms with Crippen molar-refractivity contribution in [2.45, 2.75) is 68.3 Å². The SMILES string of the molecule is CC[C@H](C)[C@H](CO)N1C(=O)[C@@H]2[C@H](C(=O)NC)[C@]3(C)CCC2(S3)C1C(=O)NCn1nnc2ccccc21. The molecule has 3 saturated heterocycles. The second kappa shape index (κ2) is 9.02. The molecular weight excluding hydrogens is 480 g/mol. The number of carbonyl (C=O) groups is 3. The minimum absolute atomic E-state index is 0.0139. The van der Waals surface area contributed by atoms with Crippen molar-refractivity contribution in [1.29, 1.82) is 0 Å². The van der Waals surface area contributed by atoms with Crippen molar-refractivity contribution in [2.24, 2.45) is 17.8 Å². The number of aliphatic hydroxyl groups is 1. The monoisotopic (exact) mass is 514 g/mol. The first-order valence-electron chi connectivity index (χ1n) is 12.6. The number of hydrogen-bond acceptors (Lipinski definition) is 7. The molecule has 1 spiro atoms. The number of likely N-dealkylation sites (tertiary alicyclic amines) is 1. The lowest BCUT2D eigenvalue weighted by Gasteiger charge is -2.39. The number of aromatic nitrogens is 3. The fourth-order valence-corrected chi connectivity index (χ4v) is 9.02. The zero-order chi connectivity index (χ0) is 25.8. The number of fused-ring (bicyclic) bond motifs is 2. The third-order valence-electron chi connectivity index (χ3n) is 8.66. The molecule has 0 saturated carbocycles. The van der Waals surface area contributed by atoms with Crippen LogP contribution in [0, 0.1) is 17.8 Å². The normalized spacial score (nSPS) is 32.5. The second-order valence-corrected chi connectivity index (χ2v) is 12.4. The van der Waals surface area contributed by atoms with E-state index in [1.165, 1.54) is 0 Å². The number of nitrogens with zero attached hydrogens (tertiary/aromatic N) is 4. The van der Waals surface area contributed by atoms with Gasteiger partial charge in [-0.15, -0.1) is 16.9 Å². The summed E-state index contributed by atoms with van der Waals surface area (Å²) in [5.74, 6) is -1.80. The van der Waals surface area contributed by atoms with Crippen LogP contribution in [-0.4, -0.2) is 78.0 Å². The van der Waals surface area contributed by atoms with Crippen LogP contribution >= 0.6 is 11.8 Å².